The Balaban J connectivity index is 2.01. The standard InChI is InChI=1S/C13H8BrF3N2OS/c14-11-7-21-6-9(11)5-18-19-12(20)8-1-3-10(4-2-8)13(15,16)17/h1-7H,(H,19,20)/b18-5+. The van der Waals surface area contributed by atoms with E-state index in [9.17, 15) is 18.0 Å². The van der Waals surface area contributed by atoms with Crippen LogP contribution in [0.3, 0.4) is 0 Å². The summed E-state index contributed by atoms with van der Waals surface area (Å²) in [5, 5.41) is 7.44. The molecule has 0 unspecified atom stereocenters. The molecule has 8 heteroatoms. The fourth-order valence-electron chi connectivity index (χ4n) is 1.42. The topological polar surface area (TPSA) is 41.5 Å². The van der Waals surface area contributed by atoms with Crippen molar-refractivity contribution in [1.82, 2.24) is 5.43 Å². The van der Waals surface area contributed by atoms with E-state index < -0.39 is 17.6 Å². The molecule has 0 saturated carbocycles. The van der Waals surface area contributed by atoms with Gasteiger partial charge in [-0.2, -0.15) is 29.6 Å². The summed E-state index contributed by atoms with van der Waals surface area (Å²) in [6.45, 7) is 0. The number of alkyl halides is 3. The van der Waals surface area contributed by atoms with Crippen molar-refractivity contribution >= 4 is 39.4 Å². The highest BCUT2D eigenvalue weighted by molar-refractivity contribution is 9.10. The minimum Gasteiger partial charge on any atom is -0.267 e. The van der Waals surface area contributed by atoms with Crippen LogP contribution in [0.4, 0.5) is 13.2 Å². The summed E-state index contributed by atoms with van der Waals surface area (Å²) in [5.41, 5.74) is 2.35. The molecule has 110 valence electrons. The average molecular weight is 377 g/mol. The second-order valence-electron chi connectivity index (χ2n) is 3.95. The molecule has 1 amide bonds. The van der Waals surface area contributed by atoms with Gasteiger partial charge in [-0.3, -0.25) is 4.79 Å². The van der Waals surface area contributed by atoms with Crippen LogP contribution >= 0.6 is 27.3 Å². The van der Waals surface area contributed by atoms with E-state index in [4.69, 9.17) is 0 Å². The first-order chi connectivity index (χ1) is 9.88. The lowest BCUT2D eigenvalue weighted by Crippen LogP contribution is -2.17. The average Bonchev–Trinajstić information content (AvgIpc) is 2.83. The molecule has 1 N–H and O–H groups in total. The summed E-state index contributed by atoms with van der Waals surface area (Å²) in [4.78, 5) is 11.7. The second-order valence-corrected chi connectivity index (χ2v) is 5.55. The Morgan fingerprint density at radius 1 is 1.24 bits per heavy atom. The molecule has 0 radical (unpaired) electrons. The third-order valence-corrected chi connectivity index (χ3v) is 4.24. The fourth-order valence-corrected chi connectivity index (χ4v) is 2.77. The number of rotatable bonds is 3. The monoisotopic (exact) mass is 376 g/mol. The number of carbonyl (C=O) groups is 1. The van der Waals surface area contributed by atoms with Crippen molar-refractivity contribution in [3.8, 4) is 0 Å². The highest BCUT2D eigenvalue weighted by Gasteiger charge is 2.30. The third-order valence-electron chi connectivity index (χ3n) is 2.49. The van der Waals surface area contributed by atoms with Crippen LogP contribution in [0.15, 0.2) is 44.6 Å². The molecule has 1 aromatic heterocycles. The lowest BCUT2D eigenvalue weighted by molar-refractivity contribution is -0.137. The number of benzene rings is 1. The SMILES string of the molecule is O=C(N/N=C/c1cscc1Br)c1ccc(C(F)(F)F)cc1. The van der Waals surface area contributed by atoms with Gasteiger partial charge in [0.2, 0.25) is 0 Å². The van der Waals surface area contributed by atoms with Gasteiger partial charge in [0.05, 0.1) is 11.8 Å². The number of hydrogen-bond acceptors (Lipinski definition) is 3. The van der Waals surface area contributed by atoms with Crippen LogP contribution in [0.5, 0.6) is 0 Å². The normalized spacial score (nSPS) is 11.8. The van der Waals surface area contributed by atoms with E-state index in [-0.39, 0.29) is 5.56 Å². The number of halogens is 4. The molecule has 1 aromatic carbocycles. The summed E-state index contributed by atoms with van der Waals surface area (Å²) in [6.07, 6.45) is -2.97. The second kappa shape index (κ2) is 6.40. The van der Waals surface area contributed by atoms with Gasteiger partial charge in [-0.25, -0.2) is 5.43 Å². The van der Waals surface area contributed by atoms with E-state index >= 15 is 0 Å². The van der Waals surface area contributed by atoms with Crippen LogP contribution in [0, 0.1) is 0 Å². The minimum absolute atomic E-state index is 0.101. The van der Waals surface area contributed by atoms with E-state index in [2.05, 4.69) is 26.5 Å². The molecule has 0 atom stereocenters. The molecule has 0 bridgehead atoms. The highest BCUT2D eigenvalue weighted by Crippen LogP contribution is 2.29. The van der Waals surface area contributed by atoms with Gasteiger partial charge in [-0.15, -0.1) is 0 Å². The summed E-state index contributed by atoms with van der Waals surface area (Å²) in [5.74, 6) is -0.577. The Hall–Kier alpha value is -1.67. The number of nitrogens with one attached hydrogen (secondary N) is 1. The Labute approximate surface area is 130 Å². The zero-order valence-electron chi connectivity index (χ0n) is 10.3. The van der Waals surface area contributed by atoms with E-state index in [0.29, 0.717) is 0 Å². The van der Waals surface area contributed by atoms with Gasteiger partial charge in [-0.05, 0) is 40.2 Å². The highest BCUT2D eigenvalue weighted by atomic mass is 79.9. The smallest absolute Gasteiger partial charge is 0.267 e. The van der Waals surface area contributed by atoms with Gasteiger partial charge >= 0.3 is 6.18 Å². The van der Waals surface area contributed by atoms with Gasteiger partial charge in [0.25, 0.3) is 5.91 Å². The maximum absolute atomic E-state index is 12.4. The van der Waals surface area contributed by atoms with Crippen molar-refractivity contribution in [2.75, 3.05) is 0 Å². The first-order valence-corrected chi connectivity index (χ1v) is 7.34. The predicted octanol–water partition coefficient (Wildman–Crippen LogP) is 4.29. The van der Waals surface area contributed by atoms with Crippen molar-refractivity contribution in [2.24, 2.45) is 5.10 Å². The minimum atomic E-state index is -4.42. The van der Waals surface area contributed by atoms with E-state index in [1.165, 1.54) is 17.6 Å². The van der Waals surface area contributed by atoms with Gasteiger partial charge in [0.15, 0.2) is 0 Å². The molecule has 0 saturated heterocycles. The molecule has 2 aromatic rings. The maximum Gasteiger partial charge on any atom is 0.416 e. The van der Waals surface area contributed by atoms with Gasteiger partial charge in [0, 0.05) is 26.4 Å². The molecule has 2 rings (SSSR count). The van der Waals surface area contributed by atoms with Crippen LogP contribution in [-0.2, 0) is 6.18 Å². The molecule has 21 heavy (non-hydrogen) atoms. The zero-order valence-corrected chi connectivity index (χ0v) is 12.7. The summed E-state index contributed by atoms with van der Waals surface area (Å²) in [7, 11) is 0. The number of carbonyl (C=O) groups excluding carboxylic acids is 1. The Morgan fingerprint density at radius 3 is 2.43 bits per heavy atom. The van der Waals surface area contributed by atoms with Crippen LogP contribution in [0.1, 0.15) is 21.5 Å². The molecule has 0 aliphatic rings. The van der Waals surface area contributed by atoms with Crippen molar-refractivity contribution in [3.63, 3.8) is 0 Å². The third kappa shape index (κ3) is 4.15. The van der Waals surface area contributed by atoms with Gasteiger partial charge in [0.1, 0.15) is 0 Å². The Morgan fingerprint density at radius 2 is 1.90 bits per heavy atom. The summed E-state index contributed by atoms with van der Waals surface area (Å²) in [6, 6.07) is 3.92. The van der Waals surface area contributed by atoms with Crippen LogP contribution in [-0.4, -0.2) is 12.1 Å². The number of hydrazone groups is 1. The van der Waals surface area contributed by atoms with E-state index in [1.54, 1.807) is 0 Å². The summed E-state index contributed by atoms with van der Waals surface area (Å²) >= 11 is 4.77. The first kappa shape index (κ1) is 15.7. The molecule has 1 heterocycles. The van der Waals surface area contributed by atoms with Crippen LogP contribution in [0.25, 0.3) is 0 Å². The lowest BCUT2D eigenvalue weighted by Gasteiger charge is -2.06. The first-order valence-electron chi connectivity index (χ1n) is 5.60. The molecule has 3 nitrogen and oxygen atoms in total. The Bertz CT molecular complexity index is 665. The van der Waals surface area contributed by atoms with Crippen LogP contribution < -0.4 is 5.43 Å². The van der Waals surface area contributed by atoms with Crippen molar-refractivity contribution in [1.29, 1.82) is 0 Å². The molecular formula is C13H8BrF3N2OS. The fraction of sp³-hybridized carbons (Fsp3) is 0.0769. The number of hydrogen-bond donors (Lipinski definition) is 1. The molecule has 0 aliphatic carbocycles. The van der Waals surface area contributed by atoms with Crippen molar-refractivity contribution < 1.29 is 18.0 Å². The quantitative estimate of drug-likeness (QED) is 0.629. The number of nitrogens with zero attached hydrogens (tertiary/aromatic N) is 1. The Kier molecular flexibility index (Phi) is 4.79. The van der Waals surface area contributed by atoms with E-state index in [1.807, 2.05) is 10.8 Å². The van der Waals surface area contributed by atoms with Gasteiger partial charge < -0.3 is 0 Å². The largest absolute Gasteiger partial charge is 0.416 e. The van der Waals surface area contributed by atoms with Crippen LogP contribution in [0.2, 0.25) is 0 Å². The lowest BCUT2D eigenvalue weighted by atomic mass is 10.1. The number of thiophene rings is 1. The maximum atomic E-state index is 12.4. The zero-order chi connectivity index (χ0) is 15.5. The molecule has 0 spiro atoms. The number of amides is 1. The molecule has 0 aliphatic heterocycles. The molecule has 0 fully saturated rings. The van der Waals surface area contributed by atoms with E-state index in [0.717, 1.165) is 34.3 Å². The molecular weight excluding hydrogens is 369 g/mol. The predicted molar refractivity (Wildman–Crippen MR) is 78.5 cm³/mol. The van der Waals surface area contributed by atoms with Crippen molar-refractivity contribution in [3.05, 3.63) is 56.2 Å². The van der Waals surface area contributed by atoms with Crippen molar-refractivity contribution in [2.45, 2.75) is 6.18 Å². The summed E-state index contributed by atoms with van der Waals surface area (Å²) < 4.78 is 38.0. The van der Waals surface area contributed by atoms with Gasteiger partial charge in [-0.1, -0.05) is 0 Å².